The third kappa shape index (κ3) is 1.81. The zero-order chi connectivity index (χ0) is 10.2. The summed E-state index contributed by atoms with van der Waals surface area (Å²) in [5, 5.41) is 1.13. The van der Waals surface area contributed by atoms with E-state index in [-0.39, 0.29) is 5.75 Å². The average molecular weight is 201 g/mol. The Hall–Kier alpha value is -1.65. The van der Waals surface area contributed by atoms with Crippen LogP contribution in [-0.2, 0) is 0 Å². The fourth-order valence-electron chi connectivity index (χ4n) is 1.08. The van der Waals surface area contributed by atoms with Crippen molar-refractivity contribution < 1.29 is 22.3 Å². The van der Waals surface area contributed by atoms with Crippen molar-refractivity contribution >= 4 is 10.8 Å². The number of halogens is 3. The van der Waals surface area contributed by atoms with Crippen LogP contribution in [0.25, 0.3) is 10.8 Å². The Morgan fingerprint density at radius 2 is 2.07 bits per heavy atom. The van der Waals surface area contributed by atoms with E-state index in [4.69, 9.17) is 0 Å². The van der Waals surface area contributed by atoms with Gasteiger partial charge in [0.1, 0.15) is 5.75 Å². The molecule has 1 heterocycles. The lowest BCUT2D eigenvalue weighted by atomic mass is 10.2. The normalized spacial score (nSPS) is 11.9. The summed E-state index contributed by atoms with van der Waals surface area (Å²) in [6.45, 7) is 0. The summed E-state index contributed by atoms with van der Waals surface area (Å²) in [6.07, 6.45) is -0.864. The minimum atomic E-state index is -4.67. The van der Waals surface area contributed by atoms with E-state index in [0.717, 1.165) is 0 Å². The van der Waals surface area contributed by atoms with Crippen molar-refractivity contribution in [2.75, 3.05) is 0 Å². The topological polar surface area (TPSA) is 22.4 Å². The van der Waals surface area contributed by atoms with Crippen LogP contribution in [-0.4, -0.2) is 6.36 Å². The zero-order valence-electron chi connectivity index (χ0n) is 6.76. The van der Waals surface area contributed by atoms with Gasteiger partial charge in [-0.05, 0) is 18.2 Å². The number of hydrogen-bond acceptors (Lipinski definition) is 2. The summed E-state index contributed by atoms with van der Waals surface area (Å²) < 4.78 is 43.9. The molecule has 2 aromatic rings. The highest BCUT2D eigenvalue weighted by atomic mass is 19.4. The van der Waals surface area contributed by atoms with Gasteiger partial charge >= 0.3 is 6.36 Å². The molecule has 0 amide bonds. The first kappa shape index (κ1) is 8.93. The Kier molecular flexibility index (Phi) is 1.87. The van der Waals surface area contributed by atoms with Gasteiger partial charge in [-0.3, -0.25) is 0 Å². The lowest BCUT2D eigenvalue weighted by Crippen LogP contribution is -2.16. The van der Waals surface area contributed by atoms with Gasteiger partial charge in [-0.25, -0.2) is 0 Å². The van der Waals surface area contributed by atoms with Crippen LogP contribution in [0, 0.1) is 6.26 Å². The predicted octanol–water partition coefficient (Wildman–Crippen LogP) is 3.13. The van der Waals surface area contributed by atoms with E-state index in [2.05, 4.69) is 15.4 Å². The molecule has 14 heavy (non-hydrogen) atoms. The van der Waals surface area contributed by atoms with Crippen molar-refractivity contribution in [3.63, 3.8) is 0 Å². The summed E-state index contributed by atoms with van der Waals surface area (Å²) in [4.78, 5) is 0. The summed E-state index contributed by atoms with van der Waals surface area (Å²) in [7, 11) is 0. The van der Waals surface area contributed by atoms with Crippen LogP contribution >= 0.6 is 0 Å². The lowest BCUT2D eigenvalue weighted by molar-refractivity contribution is -0.274. The molecule has 0 saturated carbocycles. The van der Waals surface area contributed by atoms with Crippen LogP contribution in [0.5, 0.6) is 5.75 Å². The maximum absolute atomic E-state index is 11.8. The van der Waals surface area contributed by atoms with E-state index in [0.29, 0.717) is 10.8 Å². The Morgan fingerprint density at radius 1 is 1.29 bits per heavy atom. The molecule has 0 N–H and O–H groups in total. The summed E-state index contributed by atoms with van der Waals surface area (Å²) in [5.41, 5.74) is 0. The molecule has 0 bridgehead atoms. The third-order valence-corrected chi connectivity index (χ3v) is 1.61. The number of furan rings is 1. The van der Waals surface area contributed by atoms with Gasteiger partial charge in [0.15, 0.2) is 6.26 Å². The molecule has 0 aliphatic heterocycles. The number of ether oxygens (including phenoxy) is 1. The van der Waals surface area contributed by atoms with Crippen LogP contribution in [0.15, 0.2) is 28.9 Å². The van der Waals surface area contributed by atoms with Gasteiger partial charge in [0, 0.05) is 10.8 Å². The monoisotopic (exact) mass is 201 g/mol. The lowest BCUT2D eigenvalue weighted by Gasteiger charge is -2.07. The average Bonchev–Trinajstić information content (AvgIpc) is 2.47. The molecule has 73 valence electrons. The molecule has 0 spiro atoms. The molecule has 0 saturated heterocycles. The summed E-state index contributed by atoms with van der Waals surface area (Å²) >= 11 is 0. The fraction of sp³-hybridized carbons (Fsp3) is 0.111. The Balaban J connectivity index is 2.35. The molecule has 2 rings (SSSR count). The van der Waals surface area contributed by atoms with Gasteiger partial charge < -0.3 is 9.15 Å². The molecule has 1 aromatic carbocycles. The molecule has 0 fully saturated rings. The van der Waals surface area contributed by atoms with E-state index in [1.165, 1.54) is 24.5 Å². The first-order chi connectivity index (χ1) is 6.54. The second-order valence-electron chi connectivity index (χ2n) is 2.63. The Morgan fingerprint density at radius 3 is 2.79 bits per heavy atom. The quantitative estimate of drug-likeness (QED) is 0.707. The molecule has 5 heteroatoms. The molecule has 0 unspecified atom stereocenters. The summed E-state index contributed by atoms with van der Waals surface area (Å²) in [5.74, 6) is -0.264. The highest BCUT2D eigenvalue weighted by Crippen LogP contribution is 2.26. The van der Waals surface area contributed by atoms with Crippen molar-refractivity contribution in [3.8, 4) is 5.75 Å². The van der Waals surface area contributed by atoms with Crippen molar-refractivity contribution in [2.24, 2.45) is 0 Å². The Labute approximate surface area is 76.9 Å². The van der Waals surface area contributed by atoms with Crippen LogP contribution in [0.2, 0.25) is 0 Å². The Bertz CT molecular complexity index is 444. The molecule has 0 aliphatic carbocycles. The molecule has 2 nitrogen and oxygen atoms in total. The molecule has 1 aromatic heterocycles. The predicted molar refractivity (Wildman–Crippen MR) is 41.7 cm³/mol. The van der Waals surface area contributed by atoms with E-state index in [1.807, 2.05) is 0 Å². The van der Waals surface area contributed by atoms with Crippen LogP contribution in [0.1, 0.15) is 0 Å². The van der Waals surface area contributed by atoms with Crippen LogP contribution in [0.4, 0.5) is 13.2 Å². The van der Waals surface area contributed by atoms with Crippen molar-refractivity contribution in [1.29, 1.82) is 0 Å². The maximum Gasteiger partial charge on any atom is 0.573 e. The SMILES string of the molecule is FC(F)(F)Oc1ccc2[c]occ2c1. The maximum atomic E-state index is 11.8. The molecular weight excluding hydrogens is 197 g/mol. The smallest absolute Gasteiger partial charge is 0.460 e. The van der Waals surface area contributed by atoms with Gasteiger partial charge in [-0.1, -0.05) is 0 Å². The zero-order valence-corrected chi connectivity index (χ0v) is 6.76. The first-order valence-corrected chi connectivity index (χ1v) is 3.69. The molecule has 1 radical (unpaired) electrons. The van der Waals surface area contributed by atoms with Crippen molar-refractivity contribution in [1.82, 2.24) is 0 Å². The van der Waals surface area contributed by atoms with Crippen molar-refractivity contribution in [2.45, 2.75) is 6.36 Å². The van der Waals surface area contributed by atoms with Gasteiger partial charge in [0.25, 0.3) is 0 Å². The van der Waals surface area contributed by atoms with Crippen molar-refractivity contribution in [3.05, 3.63) is 30.7 Å². The van der Waals surface area contributed by atoms with Gasteiger partial charge in [-0.2, -0.15) is 0 Å². The number of hydrogen-bond donors (Lipinski definition) is 0. The largest absolute Gasteiger partial charge is 0.573 e. The number of benzene rings is 1. The van der Waals surface area contributed by atoms with Gasteiger partial charge in [0.05, 0.1) is 6.26 Å². The highest BCUT2D eigenvalue weighted by Gasteiger charge is 2.31. The second kappa shape index (κ2) is 2.94. The highest BCUT2D eigenvalue weighted by molar-refractivity contribution is 5.81. The third-order valence-electron chi connectivity index (χ3n) is 1.61. The van der Waals surface area contributed by atoms with E-state index >= 15 is 0 Å². The van der Waals surface area contributed by atoms with E-state index in [1.54, 1.807) is 0 Å². The standard InChI is InChI=1S/C9H4F3O2/c10-9(11,12)14-8-2-1-6-4-13-5-7(6)3-8/h1-3,5H. The second-order valence-corrected chi connectivity index (χ2v) is 2.63. The number of fused-ring (bicyclic) bond motifs is 1. The number of alkyl halides is 3. The minimum Gasteiger partial charge on any atom is -0.460 e. The molecule has 0 aliphatic rings. The first-order valence-electron chi connectivity index (χ1n) is 3.69. The van der Waals surface area contributed by atoms with E-state index in [9.17, 15) is 13.2 Å². The van der Waals surface area contributed by atoms with Crippen LogP contribution in [0.3, 0.4) is 0 Å². The molecule has 0 atom stereocenters. The molecular formula is C9H4F3O2. The van der Waals surface area contributed by atoms with Gasteiger partial charge in [0.2, 0.25) is 0 Å². The number of rotatable bonds is 1. The van der Waals surface area contributed by atoms with E-state index < -0.39 is 6.36 Å². The summed E-state index contributed by atoms with van der Waals surface area (Å²) in [6, 6.07) is 3.89. The van der Waals surface area contributed by atoms with Gasteiger partial charge in [-0.15, -0.1) is 13.2 Å². The van der Waals surface area contributed by atoms with Crippen LogP contribution < -0.4 is 4.74 Å². The fourth-order valence-corrected chi connectivity index (χ4v) is 1.08. The minimum absolute atomic E-state index is 0.264.